The number of carbonyl (C=O) groups is 3. The van der Waals surface area contributed by atoms with Gasteiger partial charge in [-0.1, -0.05) is 237 Å². The maximum atomic E-state index is 12.8. The molecule has 356 valence electrons. The molecule has 0 radical (unpaired) electrons. The Hall–Kier alpha value is -2.37. The van der Waals surface area contributed by atoms with E-state index < -0.39 is 6.10 Å². The lowest BCUT2D eigenvalue weighted by Gasteiger charge is -2.18. The third-order valence-corrected chi connectivity index (χ3v) is 11.6. The second kappa shape index (κ2) is 50.3. The van der Waals surface area contributed by atoms with Crippen molar-refractivity contribution >= 4 is 17.9 Å². The Bertz CT molecular complexity index is 1030. The number of allylic oxidation sites excluding steroid dienone is 6. The first-order valence-corrected chi connectivity index (χ1v) is 26.5. The summed E-state index contributed by atoms with van der Waals surface area (Å²) in [4.78, 5) is 37.9. The summed E-state index contributed by atoms with van der Waals surface area (Å²) in [7, 11) is 0. The molecule has 0 spiro atoms. The third kappa shape index (κ3) is 48.5. The summed E-state index contributed by atoms with van der Waals surface area (Å²) in [5, 5.41) is 0. The Morgan fingerprint density at radius 1 is 0.311 bits per heavy atom. The van der Waals surface area contributed by atoms with Gasteiger partial charge in [0.15, 0.2) is 6.10 Å². The van der Waals surface area contributed by atoms with Gasteiger partial charge in [-0.05, 0) is 57.8 Å². The zero-order valence-electron chi connectivity index (χ0n) is 40.7. The molecule has 6 heteroatoms. The highest BCUT2D eigenvalue weighted by Gasteiger charge is 2.19. The molecule has 0 fully saturated rings. The van der Waals surface area contributed by atoms with Crippen LogP contribution in [0.5, 0.6) is 0 Å². The van der Waals surface area contributed by atoms with Gasteiger partial charge in [0.2, 0.25) is 0 Å². The fourth-order valence-corrected chi connectivity index (χ4v) is 7.61. The number of unbranched alkanes of at least 4 members (excludes halogenated alkanes) is 31. The molecule has 0 aromatic carbocycles. The number of esters is 3. The third-order valence-electron chi connectivity index (χ3n) is 11.6. The van der Waals surface area contributed by atoms with Gasteiger partial charge < -0.3 is 14.2 Å². The number of ether oxygens (including phenoxy) is 3. The number of hydrogen-bond acceptors (Lipinski definition) is 6. The molecular formula is C55H100O6. The van der Waals surface area contributed by atoms with Crippen molar-refractivity contribution in [1.82, 2.24) is 0 Å². The van der Waals surface area contributed by atoms with Gasteiger partial charge in [-0.15, -0.1) is 0 Å². The van der Waals surface area contributed by atoms with Gasteiger partial charge in [0.05, 0.1) is 0 Å². The minimum Gasteiger partial charge on any atom is -0.462 e. The van der Waals surface area contributed by atoms with Crippen molar-refractivity contribution < 1.29 is 28.6 Å². The molecule has 0 aliphatic rings. The van der Waals surface area contributed by atoms with Crippen molar-refractivity contribution in [3.63, 3.8) is 0 Å². The van der Waals surface area contributed by atoms with E-state index in [1.54, 1.807) is 0 Å². The Kier molecular flexibility index (Phi) is 48.3. The molecule has 0 saturated heterocycles. The fraction of sp³-hybridized carbons (Fsp3) is 0.836. The highest BCUT2D eigenvalue weighted by atomic mass is 16.6. The van der Waals surface area contributed by atoms with Crippen LogP contribution in [-0.4, -0.2) is 37.2 Å². The maximum Gasteiger partial charge on any atom is 0.306 e. The topological polar surface area (TPSA) is 78.9 Å². The van der Waals surface area contributed by atoms with E-state index in [4.69, 9.17) is 14.2 Å². The number of hydrogen-bond donors (Lipinski definition) is 0. The van der Waals surface area contributed by atoms with Gasteiger partial charge >= 0.3 is 17.9 Å². The molecule has 0 aliphatic heterocycles. The molecule has 1 atom stereocenters. The quantitative estimate of drug-likeness (QED) is 0.0262. The molecule has 0 bridgehead atoms. The van der Waals surface area contributed by atoms with Gasteiger partial charge in [-0.25, -0.2) is 0 Å². The standard InChI is InChI=1S/C55H100O6/c1-4-7-10-13-16-19-22-25-27-30-33-36-39-42-45-48-54(57)60-51-52(50-59-53(56)47-44-41-38-35-32-29-24-21-18-15-12-9-6-3)61-55(58)49-46-43-40-37-34-31-28-26-23-20-17-14-11-8-5-2/h38-43,52H,4-37,44-51H2,1-3H3. The van der Waals surface area contributed by atoms with Crippen LogP contribution in [0.2, 0.25) is 0 Å². The summed E-state index contributed by atoms with van der Waals surface area (Å²) in [5.41, 5.74) is 0. The predicted molar refractivity (Wildman–Crippen MR) is 261 cm³/mol. The molecule has 0 rings (SSSR count). The minimum absolute atomic E-state index is 0.117. The van der Waals surface area contributed by atoms with E-state index in [9.17, 15) is 14.4 Å². The van der Waals surface area contributed by atoms with Crippen LogP contribution in [0.1, 0.15) is 278 Å². The van der Waals surface area contributed by atoms with E-state index in [0.717, 1.165) is 19.3 Å². The average Bonchev–Trinajstić information content (AvgIpc) is 3.26. The molecule has 0 aromatic rings. The van der Waals surface area contributed by atoms with E-state index in [0.29, 0.717) is 19.3 Å². The SMILES string of the molecule is CCCCCCCCCCCC=CCCC(=O)OCC(COC(=O)CCC=CCCCCCCCCCCCCC)OC(=O)CCC=CCCCCCCCCCCCCC. The van der Waals surface area contributed by atoms with Gasteiger partial charge in [-0.2, -0.15) is 0 Å². The first-order chi connectivity index (χ1) is 30.0. The van der Waals surface area contributed by atoms with Crippen LogP contribution in [0.4, 0.5) is 0 Å². The van der Waals surface area contributed by atoms with Crippen LogP contribution in [0.3, 0.4) is 0 Å². The predicted octanol–water partition coefficient (Wildman–Crippen LogP) is 17.3. The average molecular weight is 857 g/mol. The highest BCUT2D eigenvalue weighted by Crippen LogP contribution is 2.15. The lowest BCUT2D eigenvalue weighted by molar-refractivity contribution is -0.166. The summed E-state index contributed by atoms with van der Waals surface area (Å²) in [5.74, 6) is -1.05. The Labute approximate surface area is 378 Å². The van der Waals surface area contributed by atoms with E-state index in [1.807, 2.05) is 0 Å². The van der Waals surface area contributed by atoms with E-state index in [2.05, 4.69) is 57.2 Å². The number of carbonyl (C=O) groups excluding carboxylic acids is 3. The second-order valence-electron chi connectivity index (χ2n) is 17.8. The van der Waals surface area contributed by atoms with Crippen LogP contribution >= 0.6 is 0 Å². The molecule has 0 N–H and O–H groups in total. The van der Waals surface area contributed by atoms with Crippen molar-refractivity contribution in [3.8, 4) is 0 Å². The van der Waals surface area contributed by atoms with Crippen molar-refractivity contribution in [3.05, 3.63) is 36.5 Å². The van der Waals surface area contributed by atoms with Crippen LogP contribution < -0.4 is 0 Å². The highest BCUT2D eigenvalue weighted by molar-refractivity contribution is 5.71. The van der Waals surface area contributed by atoms with Gasteiger partial charge in [-0.3, -0.25) is 14.4 Å². The van der Waals surface area contributed by atoms with Crippen molar-refractivity contribution in [1.29, 1.82) is 0 Å². The minimum atomic E-state index is -0.820. The second-order valence-corrected chi connectivity index (χ2v) is 17.8. The molecule has 0 saturated carbocycles. The summed E-state index contributed by atoms with van der Waals surface area (Å²) in [6.45, 7) is 6.56. The first-order valence-electron chi connectivity index (χ1n) is 26.5. The lowest BCUT2D eigenvalue weighted by atomic mass is 10.1. The zero-order valence-corrected chi connectivity index (χ0v) is 40.7. The number of rotatable bonds is 48. The molecule has 0 amide bonds. The van der Waals surface area contributed by atoms with E-state index in [-0.39, 0.29) is 50.4 Å². The van der Waals surface area contributed by atoms with Crippen molar-refractivity contribution in [2.45, 2.75) is 284 Å². The molecule has 0 aromatic heterocycles. The largest absolute Gasteiger partial charge is 0.462 e. The molecule has 0 aliphatic carbocycles. The van der Waals surface area contributed by atoms with Crippen molar-refractivity contribution in [2.24, 2.45) is 0 Å². The Balaban J connectivity index is 4.45. The Morgan fingerprint density at radius 3 is 0.820 bits per heavy atom. The van der Waals surface area contributed by atoms with Crippen LogP contribution in [0.15, 0.2) is 36.5 Å². The smallest absolute Gasteiger partial charge is 0.306 e. The fourth-order valence-electron chi connectivity index (χ4n) is 7.61. The van der Waals surface area contributed by atoms with Crippen LogP contribution in [-0.2, 0) is 28.6 Å². The van der Waals surface area contributed by atoms with Gasteiger partial charge in [0, 0.05) is 19.3 Å². The normalized spacial score (nSPS) is 12.2. The molecule has 6 nitrogen and oxygen atoms in total. The Morgan fingerprint density at radius 2 is 0.541 bits per heavy atom. The molecule has 61 heavy (non-hydrogen) atoms. The summed E-state index contributed by atoms with van der Waals surface area (Å²) < 4.78 is 16.7. The zero-order chi connectivity index (χ0) is 44.4. The van der Waals surface area contributed by atoms with Crippen molar-refractivity contribution in [2.75, 3.05) is 13.2 Å². The van der Waals surface area contributed by atoms with Crippen LogP contribution in [0.25, 0.3) is 0 Å². The lowest BCUT2D eigenvalue weighted by Crippen LogP contribution is -2.30. The first kappa shape index (κ1) is 58.6. The van der Waals surface area contributed by atoms with Crippen LogP contribution in [0, 0.1) is 0 Å². The maximum absolute atomic E-state index is 12.8. The monoisotopic (exact) mass is 857 g/mol. The van der Waals surface area contributed by atoms with Gasteiger partial charge in [0.1, 0.15) is 13.2 Å². The molecular weight excluding hydrogens is 757 g/mol. The summed E-state index contributed by atoms with van der Waals surface area (Å²) in [6, 6.07) is 0. The summed E-state index contributed by atoms with van der Waals surface area (Å²) in [6.07, 6.45) is 58.8. The van der Waals surface area contributed by atoms with Gasteiger partial charge in [0.25, 0.3) is 0 Å². The van der Waals surface area contributed by atoms with E-state index >= 15 is 0 Å². The van der Waals surface area contributed by atoms with E-state index in [1.165, 1.54) is 199 Å². The molecule has 0 heterocycles. The molecule has 1 unspecified atom stereocenters. The summed E-state index contributed by atoms with van der Waals surface area (Å²) >= 11 is 0.